The number of hydrogen-bond donors (Lipinski definition) is 6. The maximum atomic E-state index is 12.4. The van der Waals surface area contributed by atoms with Crippen molar-refractivity contribution in [1.82, 2.24) is 10.8 Å². The van der Waals surface area contributed by atoms with Crippen molar-refractivity contribution < 1.29 is 25.0 Å². The summed E-state index contributed by atoms with van der Waals surface area (Å²) >= 11 is 0. The number of hydroxylamine groups is 1. The summed E-state index contributed by atoms with van der Waals surface area (Å²) < 4.78 is 0. The van der Waals surface area contributed by atoms with Crippen LogP contribution >= 0.6 is 0 Å². The number of rotatable bonds is 5. The molecule has 3 unspecified atom stereocenters. The molecule has 1 saturated carbocycles. The van der Waals surface area contributed by atoms with Gasteiger partial charge in [0.05, 0.1) is 0 Å². The van der Waals surface area contributed by atoms with Gasteiger partial charge >= 0.3 is 0 Å². The SMILES string of the molecule is CC(C)(N)C(NC(=O)c1ccc(C#CC#CC2(O)CCC(CO)C2)cc1)C(=O)NO. The fraction of sp³-hybridized carbons (Fsp3) is 0.455. The predicted octanol–water partition coefficient (Wildman–Crippen LogP) is -0.0939. The highest BCUT2D eigenvalue weighted by molar-refractivity contribution is 5.97. The normalized spacial score (nSPS) is 21.5. The van der Waals surface area contributed by atoms with Gasteiger partial charge in [0.1, 0.15) is 11.6 Å². The van der Waals surface area contributed by atoms with E-state index in [-0.39, 0.29) is 12.5 Å². The first-order valence-corrected chi connectivity index (χ1v) is 9.58. The first-order valence-electron chi connectivity index (χ1n) is 9.58. The van der Waals surface area contributed by atoms with Crippen LogP contribution in [-0.4, -0.2) is 51.0 Å². The van der Waals surface area contributed by atoms with Crippen molar-refractivity contribution in [2.24, 2.45) is 11.7 Å². The minimum Gasteiger partial charge on any atom is -0.396 e. The summed E-state index contributed by atoms with van der Waals surface area (Å²) in [5, 5.41) is 30.8. The molecule has 30 heavy (non-hydrogen) atoms. The van der Waals surface area contributed by atoms with Gasteiger partial charge in [-0.1, -0.05) is 11.8 Å². The number of amides is 2. The molecule has 0 saturated heterocycles. The molecule has 7 N–H and O–H groups in total. The van der Waals surface area contributed by atoms with E-state index >= 15 is 0 Å². The summed E-state index contributed by atoms with van der Waals surface area (Å²) in [5.41, 5.74) is 6.12. The van der Waals surface area contributed by atoms with E-state index in [4.69, 9.17) is 16.0 Å². The third-order valence-electron chi connectivity index (χ3n) is 4.95. The van der Waals surface area contributed by atoms with Crippen LogP contribution in [0.1, 0.15) is 49.0 Å². The predicted molar refractivity (Wildman–Crippen MR) is 110 cm³/mol. The van der Waals surface area contributed by atoms with Gasteiger partial charge in [-0.3, -0.25) is 14.8 Å². The molecule has 3 atom stereocenters. The lowest BCUT2D eigenvalue weighted by Gasteiger charge is -2.29. The van der Waals surface area contributed by atoms with Gasteiger partial charge in [0.15, 0.2) is 0 Å². The third kappa shape index (κ3) is 6.31. The zero-order valence-corrected chi connectivity index (χ0v) is 17.0. The second-order valence-corrected chi connectivity index (χ2v) is 8.10. The van der Waals surface area contributed by atoms with Gasteiger partial charge in [-0.2, -0.15) is 0 Å². The van der Waals surface area contributed by atoms with Crippen LogP contribution in [0, 0.1) is 29.6 Å². The second kappa shape index (κ2) is 9.75. The molecule has 2 amide bonds. The Kier molecular flexibility index (Phi) is 7.60. The van der Waals surface area contributed by atoms with Crippen molar-refractivity contribution in [3.05, 3.63) is 35.4 Å². The molecule has 0 bridgehead atoms. The molecule has 1 aliphatic carbocycles. The van der Waals surface area contributed by atoms with Crippen molar-refractivity contribution >= 4 is 11.8 Å². The Labute approximate surface area is 175 Å². The summed E-state index contributed by atoms with van der Waals surface area (Å²) in [7, 11) is 0. The van der Waals surface area contributed by atoms with E-state index in [2.05, 4.69) is 29.0 Å². The Morgan fingerprint density at radius 2 is 1.97 bits per heavy atom. The van der Waals surface area contributed by atoms with Gasteiger partial charge in [-0.05, 0) is 75.1 Å². The van der Waals surface area contributed by atoms with Gasteiger partial charge in [0, 0.05) is 23.3 Å². The minimum atomic E-state index is -1.13. The van der Waals surface area contributed by atoms with Crippen molar-refractivity contribution in [1.29, 1.82) is 0 Å². The van der Waals surface area contributed by atoms with Gasteiger partial charge in [-0.15, -0.1) is 0 Å². The fourth-order valence-electron chi connectivity index (χ4n) is 3.22. The van der Waals surface area contributed by atoms with E-state index in [1.807, 2.05) is 0 Å². The third-order valence-corrected chi connectivity index (χ3v) is 4.95. The van der Waals surface area contributed by atoms with E-state index < -0.39 is 29.0 Å². The van der Waals surface area contributed by atoms with Crippen LogP contribution < -0.4 is 16.5 Å². The topological polar surface area (TPSA) is 145 Å². The van der Waals surface area contributed by atoms with E-state index in [1.165, 1.54) is 5.48 Å². The monoisotopic (exact) mass is 413 g/mol. The largest absolute Gasteiger partial charge is 0.396 e. The molecule has 0 radical (unpaired) electrons. The maximum Gasteiger partial charge on any atom is 0.267 e. The number of hydrogen-bond acceptors (Lipinski definition) is 6. The number of aliphatic hydroxyl groups is 2. The highest BCUT2D eigenvalue weighted by Crippen LogP contribution is 2.33. The van der Waals surface area contributed by atoms with Crippen molar-refractivity contribution in [3.8, 4) is 23.7 Å². The molecule has 8 nitrogen and oxygen atoms in total. The standard InChI is InChI=1S/C22H27N3O5/c1-21(2,23)18(20(28)25-30)24-19(27)17-8-6-15(7-9-17)5-3-4-11-22(29)12-10-16(13-22)14-26/h6-9,16,18,26,29-30H,10,12-14,23H2,1-2H3,(H,24,27)(H,25,28). The van der Waals surface area contributed by atoms with E-state index in [0.717, 1.165) is 6.42 Å². The molecule has 1 aromatic rings. The Balaban J connectivity index is 2.02. The van der Waals surface area contributed by atoms with Crippen LogP contribution in [0.4, 0.5) is 0 Å². The average Bonchev–Trinajstić information content (AvgIpc) is 3.09. The molecule has 160 valence electrons. The molecular formula is C22H27N3O5. The molecule has 0 spiro atoms. The lowest BCUT2D eigenvalue weighted by atomic mass is 9.95. The van der Waals surface area contributed by atoms with E-state index in [9.17, 15) is 14.7 Å². The first kappa shape index (κ1) is 23.4. The smallest absolute Gasteiger partial charge is 0.267 e. The van der Waals surface area contributed by atoms with Crippen LogP contribution in [0.3, 0.4) is 0 Å². The number of nitrogens with one attached hydrogen (secondary N) is 2. The number of aliphatic hydroxyl groups excluding tert-OH is 1. The quantitative estimate of drug-likeness (QED) is 0.226. The van der Waals surface area contributed by atoms with Crippen LogP contribution in [0.25, 0.3) is 0 Å². The fourth-order valence-corrected chi connectivity index (χ4v) is 3.22. The summed E-state index contributed by atoms with van der Waals surface area (Å²) in [4.78, 5) is 24.2. The van der Waals surface area contributed by atoms with Gasteiger partial charge in [-0.25, -0.2) is 5.48 Å². The summed E-state index contributed by atoms with van der Waals surface area (Å²) in [5.74, 6) is 9.67. The Hall–Kier alpha value is -2.88. The van der Waals surface area contributed by atoms with Crippen LogP contribution in [-0.2, 0) is 4.79 Å². The zero-order valence-electron chi connectivity index (χ0n) is 17.0. The first-order chi connectivity index (χ1) is 14.1. The summed E-state index contributed by atoms with van der Waals surface area (Å²) in [6, 6.07) is 5.21. The number of carbonyl (C=O) groups excluding carboxylic acids is 2. The van der Waals surface area contributed by atoms with Gasteiger partial charge in [0.25, 0.3) is 11.8 Å². The molecule has 0 aliphatic heterocycles. The molecule has 1 aromatic carbocycles. The van der Waals surface area contributed by atoms with Crippen molar-refractivity contribution in [3.63, 3.8) is 0 Å². The number of nitrogens with two attached hydrogens (primary N) is 1. The number of carbonyl (C=O) groups is 2. The van der Waals surface area contributed by atoms with Crippen LogP contribution in [0.5, 0.6) is 0 Å². The van der Waals surface area contributed by atoms with E-state index in [1.54, 1.807) is 38.1 Å². The molecule has 2 rings (SSSR count). The molecule has 0 aromatic heterocycles. The number of benzene rings is 1. The van der Waals surface area contributed by atoms with E-state index in [0.29, 0.717) is 24.0 Å². The lowest BCUT2D eigenvalue weighted by molar-refractivity contribution is -0.132. The average molecular weight is 413 g/mol. The van der Waals surface area contributed by atoms with Crippen LogP contribution in [0.2, 0.25) is 0 Å². The summed E-state index contributed by atoms with van der Waals surface area (Å²) in [6.07, 6.45) is 1.70. The zero-order chi connectivity index (χ0) is 22.4. The molecular weight excluding hydrogens is 386 g/mol. The summed E-state index contributed by atoms with van der Waals surface area (Å²) in [6.45, 7) is 3.15. The highest BCUT2D eigenvalue weighted by Gasteiger charge is 2.35. The Morgan fingerprint density at radius 3 is 2.50 bits per heavy atom. The van der Waals surface area contributed by atoms with Crippen molar-refractivity contribution in [2.45, 2.75) is 50.3 Å². The Bertz CT molecular complexity index is 899. The Morgan fingerprint density at radius 1 is 1.30 bits per heavy atom. The van der Waals surface area contributed by atoms with Crippen molar-refractivity contribution in [2.75, 3.05) is 6.61 Å². The van der Waals surface area contributed by atoms with Gasteiger partial charge in [0.2, 0.25) is 0 Å². The molecule has 0 heterocycles. The highest BCUT2D eigenvalue weighted by atomic mass is 16.5. The minimum absolute atomic E-state index is 0.0454. The molecule has 1 aliphatic rings. The molecule has 1 fully saturated rings. The van der Waals surface area contributed by atoms with Crippen LogP contribution in [0.15, 0.2) is 24.3 Å². The lowest BCUT2D eigenvalue weighted by Crippen LogP contribution is -2.61. The molecule has 8 heteroatoms. The second-order valence-electron chi connectivity index (χ2n) is 8.10. The maximum absolute atomic E-state index is 12.4. The van der Waals surface area contributed by atoms with Gasteiger partial charge < -0.3 is 21.3 Å².